The predicted octanol–water partition coefficient (Wildman–Crippen LogP) is 2.41. The molecule has 0 saturated carbocycles. The van der Waals surface area contributed by atoms with Crippen LogP contribution in [0.15, 0.2) is 29.2 Å². The van der Waals surface area contributed by atoms with E-state index in [1.54, 1.807) is 19.9 Å². The average Bonchev–Trinajstić information content (AvgIpc) is 2.66. The van der Waals surface area contributed by atoms with Gasteiger partial charge in [0.1, 0.15) is 4.90 Å². The summed E-state index contributed by atoms with van der Waals surface area (Å²) in [6.45, 7) is 5.25. The first-order valence-corrected chi connectivity index (χ1v) is 7.94. The summed E-state index contributed by atoms with van der Waals surface area (Å²) in [6.07, 6.45) is 0. The molecule has 1 amide bonds. The minimum Gasteiger partial charge on any atom is -0.245 e. The van der Waals surface area contributed by atoms with Gasteiger partial charge in [0.05, 0.1) is 10.7 Å². The molecule has 0 saturated heterocycles. The van der Waals surface area contributed by atoms with E-state index in [4.69, 9.17) is 11.6 Å². The van der Waals surface area contributed by atoms with Crippen LogP contribution in [0.5, 0.6) is 0 Å². The van der Waals surface area contributed by atoms with E-state index in [-0.39, 0.29) is 9.92 Å². The van der Waals surface area contributed by atoms with E-state index < -0.39 is 16.1 Å². The lowest BCUT2D eigenvalue weighted by molar-refractivity contribution is 0.244. The largest absolute Gasteiger partial charge is 0.356 e. The van der Waals surface area contributed by atoms with Crippen LogP contribution in [0.25, 0.3) is 0 Å². The summed E-state index contributed by atoms with van der Waals surface area (Å²) in [4.78, 5) is 11.9. The van der Waals surface area contributed by atoms with Crippen molar-refractivity contribution in [1.29, 1.82) is 0 Å². The van der Waals surface area contributed by atoms with Gasteiger partial charge in [-0.2, -0.15) is 9.78 Å². The number of aryl methyl sites for hydroxylation is 1. The quantitative estimate of drug-likeness (QED) is 0.918. The van der Waals surface area contributed by atoms with Crippen molar-refractivity contribution in [3.8, 4) is 0 Å². The molecule has 0 fully saturated rings. The molecule has 112 valence electrons. The van der Waals surface area contributed by atoms with Gasteiger partial charge < -0.3 is 0 Å². The van der Waals surface area contributed by atoms with Crippen molar-refractivity contribution in [3.63, 3.8) is 0 Å². The fraction of sp³-hybridized carbons (Fsp3) is 0.231. The number of nitrogens with zero attached hydrogens (tertiary/aromatic N) is 2. The average molecular weight is 328 g/mol. The Balaban J connectivity index is 2.35. The second-order valence-electron chi connectivity index (χ2n) is 4.55. The van der Waals surface area contributed by atoms with Crippen molar-refractivity contribution in [3.05, 3.63) is 46.2 Å². The van der Waals surface area contributed by atoms with Gasteiger partial charge in [0.25, 0.3) is 10.0 Å². The lowest BCUT2D eigenvalue weighted by atomic mass is 10.2. The Bertz CT molecular complexity index is 812. The van der Waals surface area contributed by atoms with Crippen molar-refractivity contribution in [2.45, 2.75) is 25.7 Å². The molecule has 8 heteroatoms. The standard InChI is InChI=1S/C13H14ClN3O3S/c1-8-9(2)15-17(10(8)3)13(18)16-21(19,20)12-7-5-4-6-11(12)14/h4-7H,1-3H3,(H,16,18). The third-order valence-electron chi connectivity index (χ3n) is 3.19. The number of nitrogens with one attached hydrogen (secondary N) is 1. The number of halogens is 1. The van der Waals surface area contributed by atoms with Crippen LogP contribution in [0, 0.1) is 20.8 Å². The summed E-state index contributed by atoms with van der Waals surface area (Å²) in [5.74, 6) is 0. The highest BCUT2D eigenvalue weighted by molar-refractivity contribution is 7.90. The fourth-order valence-electron chi connectivity index (χ4n) is 1.79. The molecule has 0 radical (unpaired) electrons. The van der Waals surface area contributed by atoms with E-state index >= 15 is 0 Å². The normalized spacial score (nSPS) is 11.4. The molecular weight excluding hydrogens is 314 g/mol. The van der Waals surface area contributed by atoms with Crippen molar-refractivity contribution in [1.82, 2.24) is 14.5 Å². The molecule has 2 rings (SSSR count). The van der Waals surface area contributed by atoms with Crippen LogP contribution < -0.4 is 4.72 Å². The number of sulfonamides is 1. The van der Waals surface area contributed by atoms with Gasteiger partial charge in [-0.05, 0) is 38.5 Å². The van der Waals surface area contributed by atoms with E-state index in [0.717, 1.165) is 10.2 Å². The van der Waals surface area contributed by atoms with Gasteiger partial charge >= 0.3 is 6.03 Å². The molecule has 2 aromatic rings. The van der Waals surface area contributed by atoms with Gasteiger partial charge in [0, 0.05) is 5.69 Å². The Morgan fingerprint density at radius 1 is 1.24 bits per heavy atom. The minimum atomic E-state index is -4.05. The summed E-state index contributed by atoms with van der Waals surface area (Å²) in [6, 6.07) is 5.05. The highest BCUT2D eigenvalue weighted by Crippen LogP contribution is 2.20. The molecule has 0 atom stereocenters. The summed E-state index contributed by atoms with van der Waals surface area (Å²) >= 11 is 5.85. The Labute approximate surface area is 127 Å². The van der Waals surface area contributed by atoms with Gasteiger partial charge in [-0.1, -0.05) is 23.7 Å². The molecule has 1 heterocycles. The van der Waals surface area contributed by atoms with Gasteiger partial charge in [-0.25, -0.2) is 17.9 Å². The molecular formula is C13H14ClN3O3S. The Hall–Kier alpha value is -1.86. The zero-order chi connectivity index (χ0) is 15.8. The van der Waals surface area contributed by atoms with Gasteiger partial charge in [-0.15, -0.1) is 0 Å². The SMILES string of the molecule is Cc1nn(C(=O)NS(=O)(=O)c2ccccc2Cl)c(C)c1C. The predicted molar refractivity (Wildman–Crippen MR) is 79.0 cm³/mol. The van der Waals surface area contributed by atoms with Gasteiger partial charge in [0.15, 0.2) is 0 Å². The maximum absolute atomic E-state index is 12.2. The van der Waals surface area contributed by atoms with Crippen LogP contribution >= 0.6 is 11.6 Å². The molecule has 1 aromatic carbocycles. The molecule has 1 N–H and O–H groups in total. The minimum absolute atomic E-state index is 0.0438. The first kappa shape index (κ1) is 15.5. The van der Waals surface area contributed by atoms with Gasteiger partial charge in [-0.3, -0.25) is 0 Å². The lowest BCUT2D eigenvalue weighted by Gasteiger charge is -2.09. The molecule has 0 aliphatic heterocycles. The third-order valence-corrected chi connectivity index (χ3v) is 5.01. The van der Waals surface area contributed by atoms with Crippen molar-refractivity contribution in [2.75, 3.05) is 0 Å². The van der Waals surface area contributed by atoms with Crippen LogP contribution in [0.1, 0.15) is 17.0 Å². The summed E-state index contributed by atoms with van der Waals surface area (Å²) < 4.78 is 27.4. The zero-order valence-electron chi connectivity index (χ0n) is 11.7. The van der Waals surface area contributed by atoms with E-state index in [1.165, 1.54) is 18.2 Å². The molecule has 0 aliphatic rings. The monoisotopic (exact) mass is 327 g/mol. The first-order chi connectivity index (χ1) is 9.74. The van der Waals surface area contributed by atoms with Crippen molar-refractivity contribution < 1.29 is 13.2 Å². The number of amides is 1. The Morgan fingerprint density at radius 3 is 2.38 bits per heavy atom. The number of carbonyl (C=O) groups excluding carboxylic acids is 1. The molecule has 0 unspecified atom stereocenters. The number of benzene rings is 1. The zero-order valence-corrected chi connectivity index (χ0v) is 13.3. The highest BCUT2D eigenvalue weighted by Gasteiger charge is 2.23. The van der Waals surface area contributed by atoms with Crippen molar-refractivity contribution >= 4 is 27.7 Å². The van der Waals surface area contributed by atoms with Crippen LogP contribution in [0.2, 0.25) is 5.02 Å². The lowest BCUT2D eigenvalue weighted by Crippen LogP contribution is -2.35. The second-order valence-corrected chi connectivity index (χ2v) is 6.61. The molecule has 0 bridgehead atoms. The van der Waals surface area contributed by atoms with Crippen LogP contribution in [0.3, 0.4) is 0 Å². The number of hydrogen-bond acceptors (Lipinski definition) is 4. The number of hydrogen-bond donors (Lipinski definition) is 1. The topological polar surface area (TPSA) is 81.1 Å². The smallest absolute Gasteiger partial charge is 0.245 e. The number of aromatic nitrogens is 2. The first-order valence-electron chi connectivity index (χ1n) is 6.08. The summed E-state index contributed by atoms with van der Waals surface area (Å²) in [5.41, 5.74) is 2.08. The number of carbonyl (C=O) groups is 1. The Kier molecular flexibility index (Phi) is 4.06. The summed E-state index contributed by atoms with van der Waals surface area (Å²) in [5, 5.41) is 4.06. The Morgan fingerprint density at radius 2 is 1.86 bits per heavy atom. The molecule has 6 nitrogen and oxygen atoms in total. The fourth-order valence-corrected chi connectivity index (χ4v) is 3.24. The van der Waals surface area contributed by atoms with Crippen LogP contribution in [-0.4, -0.2) is 24.2 Å². The van der Waals surface area contributed by atoms with Crippen LogP contribution in [-0.2, 0) is 10.0 Å². The van der Waals surface area contributed by atoms with E-state index in [0.29, 0.717) is 11.4 Å². The molecule has 21 heavy (non-hydrogen) atoms. The van der Waals surface area contributed by atoms with E-state index in [2.05, 4.69) is 5.10 Å². The van der Waals surface area contributed by atoms with E-state index in [1.807, 2.05) is 11.6 Å². The maximum Gasteiger partial charge on any atom is 0.356 e. The maximum atomic E-state index is 12.2. The second kappa shape index (κ2) is 5.50. The molecule has 0 aliphatic carbocycles. The number of rotatable bonds is 2. The van der Waals surface area contributed by atoms with Gasteiger partial charge in [0.2, 0.25) is 0 Å². The molecule has 1 aromatic heterocycles. The highest BCUT2D eigenvalue weighted by atomic mass is 35.5. The van der Waals surface area contributed by atoms with E-state index in [9.17, 15) is 13.2 Å². The molecule has 0 spiro atoms. The van der Waals surface area contributed by atoms with Crippen LogP contribution in [0.4, 0.5) is 4.79 Å². The third kappa shape index (κ3) is 2.93. The van der Waals surface area contributed by atoms with Crippen molar-refractivity contribution in [2.24, 2.45) is 0 Å². The summed E-state index contributed by atoms with van der Waals surface area (Å²) in [7, 11) is -4.05.